The number of anilines is 1. The van der Waals surface area contributed by atoms with Crippen LogP contribution in [0.25, 0.3) is 10.9 Å². The first-order valence-corrected chi connectivity index (χ1v) is 8.13. The fourth-order valence-corrected chi connectivity index (χ4v) is 3.00. The number of halogens is 2. The van der Waals surface area contributed by atoms with Crippen molar-refractivity contribution in [1.29, 1.82) is 0 Å². The Morgan fingerprint density at radius 1 is 1.12 bits per heavy atom. The summed E-state index contributed by atoms with van der Waals surface area (Å²) in [4.78, 5) is 17.4. The van der Waals surface area contributed by atoms with Crippen LogP contribution in [0.1, 0.15) is 16.1 Å². The van der Waals surface area contributed by atoms with Crippen LogP contribution in [0.3, 0.4) is 0 Å². The van der Waals surface area contributed by atoms with Gasteiger partial charge in [-0.2, -0.15) is 8.78 Å². The van der Waals surface area contributed by atoms with Gasteiger partial charge in [-0.25, -0.2) is 0 Å². The number of hydrogen-bond acceptors (Lipinski definition) is 3. The molecule has 0 radical (unpaired) electrons. The van der Waals surface area contributed by atoms with E-state index in [-0.39, 0.29) is 5.91 Å². The molecule has 1 heterocycles. The summed E-state index contributed by atoms with van der Waals surface area (Å²) in [7, 11) is 0. The van der Waals surface area contributed by atoms with E-state index in [0.717, 1.165) is 16.6 Å². The molecule has 0 saturated heterocycles. The number of fused-ring (bicyclic) bond motifs is 1. The van der Waals surface area contributed by atoms with Crippen molar-refractivity contribution in [3.63, 3.8) is 0 Å². The molecule has 3 nitrogen and oxygen atoms in total. The Kier molecular flexibility index (Phi) is 4.76. The van der Waals surface area contributed by atoms with Crippen LogP contribution in [0, 0.1) is 6.92 Å². The number of carbonyl (C=O) groups excluding carboxylic acids is 1. The summed E-state index contributed by atoms with van der Waals surface area (Å²) < 4.78 is 24.9. The number of para-hydroxylation sites is 1. The molecule has 1 aromatic heterocycles. The summed E-state index contributed by atoms with van der Waals surface area (Å²) in [6, 6.07) is 15.5. The largest absolute Gasteiger partial charge is 0.322 e. The van der Waals surface area contributed by atoms with E-state index in [0.29, 0.717) is 27.9 Å². The topological polar surface area (TPSA) is 42.0 Å². The lowest BCUT2D eigenvalue weighted by Crippen LogP contribution is -2.13. The second-order valence-electron chi connectivity index (χ2n) is 5.19. The number of aryl methyl sites for hydroxylation is 1. The molecule has 0 atom stereocenters. The number of thioether (sulfide) groups is 1. The lowest BCUT2D eigenvalue weighted by Gasteiger charge is -2.10. The molecule has 2 aromatic carbocycles. The fraction of sp³-hybridized carbons (Fsp3) is 0.111. The third kappa shape index (κ3) is 3.71. The fourth-order valence-electron chi connectivity index (χ4n) is 2.44. The standard InChI is InChI=1S/C18H14F2N2OS/c1-11-9-15(14-7-2-3-8-16(14)21-11)17(23)22-12-5-4-6-13(10-12)24-18(19)20/h2-10,18H,1H3,(H,22,23). The molecule has 24 heavy (non-hydrogen) atoms. The van der Waals surface area contributed by atoms with Gasteiger partial charge in [0, 0.05) is 21.7 Å². The number of hydrogen-bond donors (Lipinski definition) is 1. The number of benzene rings is 2. The molecular formula is C18H14F2N2OS. The van der Waals surface area contributed by atoms with Crippen molar-refractivity contribution in [2.75, 3.05) is 5.32 Å². The average molecular weight is 344 g/mol. The van der Waals surface area contributed by atoms with Crippen LogP contribution in [0.4, 0.5) is 14.5 Å². The van der Waals surface area contributed by atoms with Crippen molar-refractivity contribution in [2.45, 2.75) is 17.6 Å². The molecule has 3 rings (SSSR count). The summed E-state index contributed by atoms with van der Waals surface area (Å²) in [6.07, 6.45) is 0. The molecule has 0 aliphatic rings. The highest BCUT2D eigenvalue weighted by molar-refractivity contribution is 7.99. The number of pyridine rings is 1. The van der Waals surface area contributed by atoms with Gasteiger partial charge in [-0.15, -0.1) is 0 Å². The van der Waals surface area contributed by atoms with Gasteiger partial charge in [0.15, 0.2) is 0 Å². The Bertz CT molecular complexity index is 899. The zero-order valence-electron chi connectivity index (χ0n) is 12.8. The van der Waals surface area contributed by atoms with Crippen LogP contribution in [0.5, 0.6) is 0 Å². The maximum atomic E-state index is 12.6. The van der Waals surface area contributed by atoms with E-state index in [1.165, 1.54) is 6.07 Å². The number of amides is 1. The van der Waals surface area contributed by atoms with Gasteiger partial charge in [0.25, 0.3) is 11.7 Å². The van der Waals surface area contributed by atoms with Gasteiger partial charge in [-0.3, -0.25) is 9.78 Å². The van der Waals surface area contributed by atoms with Crippen molar-refractivity contribution in [3.05, 3.63) is 65.9 Å². The smallest absolute Gasteiger partial charge is 0.288 e. The highest BCUT2D eigenvalue weighted by Crippen LogP contribution is 2.27. The molecule has 6 heteroatoms. The first-order chi connectivity index (χ1) is 11.5. The SMILES string of the molecule is Cc1cc(C(=O)Nc2cccc(SC(F)F)c2)c2ccccc2n1. The molecule has 122 valence electrons. The molecule has 3 aromatic rings. The van der Waals surface area contributed by atoms with Crippen molar-refractivity contribution >= 4 is 34.3 Å². The average Bonchev–Trinajstić information content (AvgIpc) is 2.53. The molecule has 0 aliphatic heterocycles. The number of alkyl halides is 2. The molecule has 0 aliphatic carbocycles. The Morgan fingerprint density at radius 3 is 2.71 bits per heavy atom. The lowest BCUT2D eigenvalue weighted by molar-refractivity contribution is 0.102. The second kappa shape index (κ2) is 6.97. The molecule has 0 saturated carbocycles. The number of aromatic nitrogens is 1. The first-order valence-electron chi connectivity index (χ1n) is 7.25. The van der Waals surface area contributed by atoms with Crippen molar-refractivity contribution in [1.82, 2.24) is 4.98 Å². The predicted molar refractivity (Wildman–Crippen MR) is 92.7 cm³/mol. The van der Waals surface area contributed by atoms with E-state index in [1.807, 2.05) is 31.2 Å². The van der Waals surface area contributed by atoms with E-state index in [4.69, 9.17) is 0 Å². The van der Waals surface area contributed by atoms with Gasteiger partial charge < -0.3 is 5.32 Å². The molecule has 1 N–H and O–H groups in total. The zero-order chi connectivity index (χ0) is 17.1. The van der Waals surface area contributed by atoms with Crippen LogP contribution < -0.4 is 5.32 Å². The first kappa shape index (κ1) is 16.4. The molecule has 1 amide bonds. The Labute approximate surface area is 142 Å². The van der Waals surface area contributed by atoms with Crippen LogP contribution in [0.15, 0.2) is 59.5 Å². The zero-order valence-corrected chi connectivity index (χ0v) is 13.6. The van der Waals surface area contributed by atoms with Crippen molar-refractivity contribution < 1.29 is 13.6 Å². The van der Waals surface area contributed by atoms with Crippen LogP contribution in [-0.2, 0) is 0 Å². The minimum absolute atomic E-state index is 0.295. The van der Waals surface area contributed by atoms with Crippen molar-refractivity contribution in [2.24, 2.45) is 0 Å². The molecule has 0 bridgehead atoms. The molecule has 0 spiro atoms. The van der Waals surface area contributed by atoms with Gasteiger partial charge in [-0.05, 0) is 37.3 Å². The van der Waals surface area contributed by atoms with E-state index in [1.54, 1.807) is 24.3 Å². The van der Waals surface area contributed by atoms with E-state index >= 15 is 0 Å². The Hall–Kier alpha value is -2.47. The summed E-state index contributed by atoms with van der Waals surface area (Å²) in [5.41, 5.74) is 2.46. The van der Waals surface area contributed by atoms with E-state index in [2.05, 4.69) is 10.3 Å². The second-order valence-corrected chi connectivity index (χ2v) is 6.25. The number of nitrogens with zero attached hydrogens (tertiary/aromatic N) is 1. The molecule has 0 fully saturated rings. The summed E-state index contributed by atoms with van der Waals surface area (Å²) >= 11 is 0.446. The van der Waals surface area contributed by atoms with Gasteiger partial charge in [0.2, 0.25) is 0 Å². The minimum Gasteiger partial charge on any atom is -0.322 e. The quantitative estimate of drug-likeness (QED) is 0.669. The third-order valence-electron chi connectivity index (χ3n) is 3.41. The normalized spacial score (nSPS) is 11.0. The molecular weight excluding hydrogens is 330 g/mol. The van der Waals surface area contributed by atoms with E-state index < -0.39 is 5.76 Å². The maximum Gasteiger partial charge on any atom is 0.288 e. The van der Waals surface area contributed by atoms with Gasteiger partial charge in [-0.1, -0.05) is 36.0 Å². The van der Waals surface area contributed by atoms with Crippen LogP contribution >= 0.6 is 11.8 Å². The Balaban J connectivity index is 1.91. The maximum absolute atomic E-state index is 12.6. The lowest BCUT2D eigenvalue weighted by atomic mass is 10.1. The number of rotatable bonds is 4. The van der Waals surface area contributed by atoms with Crippen molar-refractivity contribution in [3.8, 4) is 0 Å². The Morgan fingerprint density at radius 2 is 1.92 bits per heavy atom. The third-order valence-corrected chi connectivity index (χ3v) is 4.11. The highest BCUT2D eigenvalue weighted by Gasteiger charge is 2.13. The monoisotopic (exact) mass is 344 g/mol. The minimum atomic E-state index is -2.50. The summed E-state index contributed by atoms with van der Waals surface area (Å²) in [5, 5.41) is 3.52. The number of carbonyl (C=O) groups is 1. The summed E-state index contributed by atoms with van der Waals surface area (Å²) in [5.74, 6) is -2.79. The highest BCUT2D eigenvalue weighted by atomic mass is 32.2. The molecule has 0 unspecified atom stereocenters. The number of nitrogens with one attached hydrogen (secondary N) is 1. The predicted octanol–water partition coefficient (Wildman–Crippen LogP) is 5.11. The van der Waals surface area contributed by atoms with Gasteiger partial charge >= 0.3 is 0 Å². The van der Waals surface area contributed by atoms with Crippen LogP contribution in [-0.4, -0.2) is 16.6 Å². The van der Waals surface area contributed by atoms with Gasteiger partial charge in [0.1, 0.15) is 0 Å². The van der Waals surface area contributed by atoms with E-state index in [9.17, 15) is 13.6 Å². The summed E-state index contributed by atoms with van der Waals surface area (Å²) in [6.45, 7) is 1.82. The van der Waals surface area contributed by atoms with Crippen LogP contribution in [0.2, 0.25) is 0 Å². The van der Waals surface area contributed by atoms with Gasteiger partial charge in [0.05, 0.1) is 11.1 Å².